The minimum Gasteiger partial charge on any atom is -0.396 e. The number of hydrogen-bond acceptors (Lipinski definition) is 2. The Hall–Kier alpha value is -0.150. The van der Waals surface area contributed by atoms with Gasteiger partial charge in [-0.15, -0.1) is 0 Å². The molecule has 0 amide bonds. The molecule has 0 aliphatic rings. The number of aliphatic hydroxyl groups excluding tert-OH is 1. The van der Waals surface area contributed by atoms with E-state index in [1.807, 2.05) is 0 Å². The number of halogens is 1. The minimum absolute atomic E-state index is 0.0343. The number of aliphatic hydroxyl groups is 1. The molecule has 0 bridgehead atoms. The summed E-state index contributed by atoms with van der Waals surface area (Å²) in [5.41, 5.74) is 4.87. The van der Waals surface area contributed by atoms with E-state index in [0.29, 0.717) is 13.0 Å². The van der Waals surface area contributed by atoms with Crippen molar-refractivity contribution in [3.8, 4) is 0 Å². The molecule has 56 valence electrons. The van der Waals surface area contributed by atoms with Gasteiger partial charge in [0.05, 0.1) is 6.67 Å². The summed E-state index contributed by atoms with van der Waals surface area (Å²) in [4.78, 5) is 0. The summed E-state index contributed by atoms with van der Waals surface area (Å²) in [5, 5.41) is 8.67. The standard InChI is InChI=1S/C6H14FNO/c1-6(4-8,5-9)2-3-7/h9H,2-5,8H2,1H3. The summed E-state index contributed by atoms with van der Waals surface area (Å²) in [6.45, 7) is 1.67. The van der Waals surface area contributed by atoms with Crippen LogP contribution in [0.1, 0.15) is 13.3 Å². The summed E-state index contributed by atoms with van der Waals surface area (Å²) in [6.07, 6.45) is 0.347. The molecular weight excluding hydrogens is 121 g/mol. The number of hydrogen-bond donors (Lipinski definition) is 2. The van der Waals surface area contributed by atoms with E-state index < -0.39 is 12.1 Å². The monoisotopic (exact) mass is 135 g/mol. The normalized spacial score (nSPS) is 17.3. The molecule has 3 heteroatoms. The first-order chi connectivity index (χ1) is 4.18. The van der Waals surface area contributed by atoms with Gasteiger partial charge in [-0.2, -0.15) is 0 Å². The third kappa shape index (κ3) is 2.77. The van der Waals surface area contributed by atoms with Gasteiger partial charge in [0.2, 0.25) is 0 Å². The molecule has 0 aliphatic carbocycles. The van der Waals surface area contributed by atoms with E-state index >= 15 is 0 Å². The van der Waals surface area contributed by atoms with Crippen molar-refractivity contribution in [3.05, 3.63) is 0 Å². The van der Waals surface area contributed by atoms with Crippen LogP contribution in [-0.4, -0.2) is 24.9 Å². The van der Waals surface area contributed by atoms with Crippen LogP contribution in [0.2, 0.25) is 0 Å². The van der Waals surface area contributed by atoms with Crippen LogP contribution in [0.5, 0.6) is 0 Å². The van der Waals surface area contributed by atoms with E-state index in [4.69, 9.17) is 10.8 Å². The Kier molecular flexibility index (Phi) is 3.73. The van der Waals surface area contributed by atoms with E-state index in [0.717, 1.165) is 0 Å². The molecule has 1 unspecified atom stereocenters. The van der Waals surface area contributed by atoms with Gasteiger partial charge < -0.3 is 10.8 Å². The Morgan fingerprint density at radius 2 is 2.22 bits per heavy atom. The van der Waals surface area contributed by atoms with Crippen molar-refractivity contribution in [2.45, 2.75) is 13.3 Å². The quantitative estimate of drug-likeness (QED) is 0.582. The Morgan fingerprint density at radius 1 is 1.67 bits per heavy atom. The zero-order chi connectivity index (χ0) is 7.33. The fraction of sp³-hybridized carbons (Fsp3) is 1.00. The molecule has 0 saturated heterocycles. The van der Waals surface area contributed by atoms with Gasteiger partial charge in [-0.1, -0.05) is 6.92 Å². The van der Waals surface area contributed by atoms with Crippen LogP contribution in [-0.2, 0) is 0 Å². The number of alkyl halides is 1. The molecule has 2 nitrogen and oxygen atoms in total. The molecule has 0 fully saturated rings. The van der Waals surface area contributed by atoms with Gasteiger partial charge >= 0.3 is 0 Å². The molecule has 0 rings (SSSR count). The second-order valence-corrected chi connectivity index (χ2v) is 2.61. The Labute approximate surface area is 54.9 Å². The van der Waals surface area contributed by atoms with Gasteiger partial charge in [-0.05, 0) is 13.0 Å². The topological polar surface area (TPSA) is 46.2 Å². The highest BCUT2D eigenvalue weighted by Crippen LogP contribution is 2.17. The summed E-state index contributed by atoms with van der Waals surface area (Å²) in [7, 11) is 0. The van der Waals surface area contributed by atoms with Crippen LogP contribution in [0, 0.1) is 5.41 Å². The minimum atomic E-state index is -0.408. The molecular formula is C6H14FNO. The molecule has 0 aromatic heterocycles. The molecule has 0 saturated carbocycles. The predicted octanol–water partition coefficient (Wildman–Crippen LogP) is 0.303. The van der Waals surface area contributed by atoms with Crippen LogP contribution in [0.3, 0.4) is 0 Å². The second-order valence-electron chi connectivity index (χ2n) is 2.61. The molecule has 0 spiro atoms. The Bertz CT molecular complexity index is 73.5. The first kappa shape index (κ1) is 8.85. The van der Waals surface area contributed by atoms with E-state index in [1.54, 1.807) is 6.92 Å². The maximum Gasteiger partial charge on any atom is 0.0901 e. The van der Waals surface area contributed by atoms with Crippen LogP contribution in [0.25, 0.3) is 0 Å². The van der Waals surface area contributed by atoms with Gasteiger partial charge in [-0.3, -0.25) is 4.39 Å². The van der Waals surface area contributed by atoms with Crippen molar-refractivity contribution >= 4 is 0 Å². The maximum atomic E-state index is 11.7. The maximum absolute atomic E-state index is 11.7. The van der Waals surface area contributed by atoms with Crippen LogP contribution >= 0.6 is 0 Å². The first-order valence-corrected chi connectivity index (χ1v) is 3.05. The third-order valence-corrected chi connectivity index (χ3v) is 1.57. The Balaban J connectivity index is 3.62. The van der Waals surface area contributed by atoms with Gasteiger partial charge in [0, 0.05) is 12.0 Å². The number of nitrogens with two attached hydrogens (primary N) is 1. The van der Waals surface area contributed by atoms with Gasteiger partial charge in [0.1, 0.15) is 0 Å². The van der Waals surface area contributed by atoms with Crippen LogP contribution < -0.4 is 5.73 Å². The van der Waals surface area contributed by atoms with Gasteiger partial charge in [0.15, 0.2) is 0 Å². The lowest BCUT2D eigenvalue weighted by atomic mass is 9.89. The van der Waals surface area contributed by atoms with Crippen molar-refractivity contribution in [1.82, 2.24) is 0 Å². The molecule has 0 aromatic rings. The molecule has 1 atom stereocenters. The lowest BCUT2D eigenvalue weighted by Gasteiger charge is -2.22. The molecule has 0 aliphatic heterocycles. The van der Waals surface area contributed by atoms with Crippen molar-refractivity contribution in [3.63, 3.8) is 0 Å². The van der Waals surface area contributed by atoms with Crippen LogP contribution in [0.4, 0.5) is 4.39 Å². The molecule has 0 radical (unpaired) electrons. The second kappa shape index (κ2) is 3.80. The highest BCUT2D eigenvalue weighted by Gasteiger charge is 2.20. The lowest BCUT2D eigenvalue weighted by Crippen LogP contribution is -2.31. The predicted molar refractivity (Wildman–Crippen MR) is 34.8 cm³/mol. The largest absolute Gasteiger partial charge is 0.396 e. The zero-order valence-corrected chi connectivity index (χ0v) is 5.73. The van der Waals surface area contributed by atoms with Gasteiger partial charge in [0.25, 0.3) is 0 Å². The van der Waals surface area contributed by atoms with Crippen LogP contribution in [0.15, 0.2) is 0 Å². The summed E-state index contributed by atoms with van der Waals surface area (Å²) in [6, 6.07) is 0. The van der Waals surface area contributed by atoms with E-state index in [-0.39, 0.29) is 6.61 Å². The average molecular weight is 135 g/mol. The van der Waals surface area contributed by atoms with Crippen molar-refractivity contribution in [1.29, 1.82) is 0 Å². The molecule has 0 heterocycles. The SMILES string of the molecule is CC(CN)(CO)CCF. The highest BCUT2D eigenvalue weighted by molar-refractivity contribution is 4.73. The lowest BCUT2D eigenvalue weighted by molar-refractivity contribution is 0.131. The van der Waals surface area contributed by atoms with Crippen molar-refractivity contribution < 1.29 is 9.50 Å². The van der Waals surface area contributed by atoms with E-state index in [1.165, 1.54) is 0 Å². The Morgan fingerprint density at radius 3 is 2.33 bits per heavy atom. The smallest absolute Gasteiger partial charge is 0.0901 e. The molecule has 9 heavy (non-hydrogen) atoms. The van der Waals surface area contributed by atoms with E-state index in [2.05, 4.69) is 0 Å². The fourth-order valence-electron chi connectivity index (χ4n) is 0.474. The third-order valence-electron chi connectivity index (χ3n) is 1.57. The molecule has 3 N–H and O–H groups in total. The van der Waals surface area contributed by atoms with E-state index in [9.17, 15) is 4.39 Å². The zero-order valence-electron chi connectivity index (χ0n) is 5.73. The average Bonchev–Trinajstić information content (AvgIpc) is 1.89. The first-order valence-electron chi connectivity index (χ1n) is 3.05. The van der Waals surface area contributed by atoms with Crippen molar-refractivity contribution in [2.24, 2.45) is 11.1 Å². The summed E-state index contributed by atoms with van der Waals surface area (Å²) < 4.78 is 11.7. The van der Waals surface area contributed by atoms with Gasteiger partial charge in [-0.25, -0.2) is 0 Å². The fourth-order valence-corrected chi connectivity index (χ4v) is 0.474. The van der Waals surface area contributed by atoms with Crippen molar-refractivity contribution in [2.75, 3.05) is 19.8 Å². The number of rotatable bonds is 4. The summed E-state index contributed by atoms with van der Waals surface area (Å²) in [5.74, 6) is 0. The summed E-state index contributed by atoms with van der Waals surface area (Å²) >= 11 is 0. The molecule has 0 aromatic carbocycles. The highest BCUT2D eigenvalue weighted by atomic mass is 19.1.